The minimum atomic E-state index is -1.08. The first-order chi connectivity index (χ1) is 16.3. The Bertz CT molecular complexity index is 983. The molecule has 4 nitrogen and oxygen atoms in total. The fourth-order valence-corrected chi connectivity index (χ4v) is 7.95. The topological polar surface area (TPSA) is 38.8 Å². The first-order valence-corrected chi connectivity index (χ1v) is 16.9. The zero-order chi connectivity index (χ0) is 24.3. The van der Waals surface area contributed by atoms with E-state index in [1.807, 2.05) is 6.92 Å². The van der Waals surface area contributed by atoms with E-state index < -0.39 is 8.07 Å². The number of nitrogens with zero attached hydrogens (tertiary/aromatic N) is 1. The molecular weight excluding hydrogens is 438 g/mol. The van der Waals surface area contributed by atoms with E-state index in [1.165, 1.54) is 47.6 Å². The third kappa shape index (κ3) is 5.85. The quantitative estimate of drug-likeness (QED) is 0.317. The fourth-order valence-electron chi connectivity index (χ4n) is 5.89. The van der Waals surface area contributed by atoms with E-state index in [4.69, 9.17) is 9.47 Å². The summed E-state index contributed by atoms with van der Waals surface area (Å²) < 4.78 is 12.0. The maximum absolute atomic E-state index is 12.2. The van der Waals surface area contributed by atoms with E-state index in [0.29, 0.717) is 12.7 Å². The molecule has 0 N–H and O–H groups in total. The molecule has 0 radical (unpaired) electrons. The zero-order valence-corrected chi connectivity index (χ0v) is 22.9. The van der Waals surface area contributed by atoms with Gasteiger partial charge in [0.15, 0.2) is 0 Å². The van der Waals surface area contributed by atoms with Crippen molar-refractivity contribution >= 4 is 24.8 Å². The van der Waals surface area contributed by atoms with E-state index in [0.717, 1.165) is 43.8 Å². The Morgan fingerprint density at radius 1 is 1.00 bits per heavy atom. The van der Waals surface area contributed by atoms with Gasteiger partial charge >= 0.3 is 5.97 Å². The maximum atomic E-state index is 12.2. The molecule has 2 fully saturated rings. The molecule has 0 bridgehead atoms. The lowest BCUT2D eigenvalue weighted by Crippen LogP contribution is -2.37. The largest absolute Gasteiger partial charge is 0.490 e. The van der Waals surface area contributed by atoms with Crippen LogP contribution in [0.3, 0.4) is 0 Å². The van der Waals surface area contributed by atoms with Crippen LogP contribution in [-0.2, 0) is 16.1 Å². The molecule has 2 aromatic rings. The summed E-state index contributed by atoms with van der Waals surface area (Å²) in [6.07, 6.45) is 7.03. The van der Waals surface area contributed by atoms with Gasteiger partial charge in [-0.2, -0.15) is 0 Å². The predicted octanol–water partition coefficient (Wildman–Crippen LogP) is 6.95. The highest BCUT2D eigenvalue weighted by Crippen LogP contribution is 2.40. The van der Waals surface area contributed by atoms with Crippen LogP contribution < -0.4 is 4.74 Å². The Hall–Kier alpha value is -1.85. The van der Waals surface area contributed by atoms with Crippen LogP contribution in [0.5, 0.6) is 5.75 Å². The van der Waals surface area contributed by atoms with Gasteiger partial charge in [0.1, 0.15) is 5.75 Å². The van der Waals surface area contributed by atoms with Crippen molar-refractivity contribution in [1.82, 2.24) is 4.90 Å². The molecule has 1 heterocycles. The lowest BCUT2D eigenvalue weighted by Gasteiger charge is -2.36. The van der Waals surface area contributed by atoms with Crippen LogP contribution in [-0.4, -0.2) is 44.7 Å². The molecule has 0 atom stereocenters. The minimum Gasteiger partial charge on any atom is -0.490 e. The van der Waals surface area contributed by atoms with Gasteiger partial charge in [0, 0.05) is 20.2 Å². The summed E-state index contributed by atoms with van der Waals surface area (Å²) in [5, 5.41) is 2.62. The second-order valence-corrected chi connectivity index (χ2v) is 17.0. The average Bonchev–Trinajstić information content (AvgIpc) is 2.82. The summed E-state index contributed by atoms with van der Waals surface area (Å²) in [5.41, 5.74) is 3.51. The third-order valence-corrected chi connectivity index (χ3v) is 11.1. The molecule has 4 rings (SSSR count). The van der Waals surface area contributed by atoms with E-state index >= 15 is 0 Å². The molecule has 2 aliphatic rings. The molecule has 0 spiro atoms. The van der Waals surface area contributed by atoms with Crippen molar-refractivity contribution < 1.29 is 14.3 Å². The van der Waals surface area contributed by atoms with Crippen LogP contribution in [0.15, 0.2) is 30.3 Å². The van der Waals surface area contributed by atoms with Gasteiger partial charge < -0.3 is 9.47 Å². The molecule has 1 saturated carbocycles. The number of rotatable bonds is 7. The molecule has 186 valence electrons. The number of hydrogen-bond donors (Lipinski definition) is 0. The first kappa shape index (κ1) is 25.2. The van der Waals surface area contributed by atoms with Crippen LogP contribution in [0.1, 0.15) is 56.6 Å². The molecule has 1 saturated heterocycles. The molecule has 0 unspecified atom stereocenters. The van der Waals surface area contributed by atoms with Crippen molar-refractivity contribution in [3.8, 4) is 5.75 Å². The summed E-state index contributed by atoms with van der Waals surface area (Å²) in [6.45, 7) is 14.8. The molecule has 0 aromatic heterocycles. The van der Waals surface area contributed by atoms with Gasteiger partial charge in [-0.1, -0.05) is 43.9 Å². The highest BCUT2D eigenvalue weighted by Gasteiger charge is 2.32. The van der Waals surface area contributed by atoms with Crippen LogP contribution in [0, 0.1) is 12.8 Å². The zero-order valence-electron chi connectivity index (χ0n) is 21.9. The highest BCUT2D eigenvalue weighted by molar-refractivity contribution is 6.77. The summed E-state index contributed by atoms with van der Waals surface area (Å²) in [7, 11) is -1.08. The Balaban J connectivity index is 1.51. The van der Waals surface area contributed by atoms with E-state index in [1.54, 1.807) is 0 Å². The number of piperidine rings is 1. The van der Waals surface area contributed by atoms with Crippen LogP contribution in [0.2, 0.25) is 25.2 Å². The summed E-state index contributed by atoms with van der Waals surface area (Å²) >= 11 is 0. The minimum absolute atomic E-state index is 0.0270. The predicted molar refractivity (Wildman–Crippen MR) is 143 cm³/mol. The second kappa shape index (κ2) is 10.8. The number of fused-ring (bicyclic) bond motifs is 1. The fraction of sp³-hybridized carbons (Fsp3) is 0.621. The van der Waals surface area contributed by atoms with Gasteiger partial charge in [0.05, 0.1) is 18.6 Å². The molecule has 0 amide bonds. The first-order valence-electron chi connectivity index (χ1n) is 13.3. The van der Waals surface area contributed by atoms with E-state index in [2.05, 4.69) is 61.8 Å². The maximum Gasteiger partial charge on any atom is 0.309 e. The molecule has 2 aromatic carbocycles. The van der Waals surface area contributed by atoms with Crippen molar-refractivity contribution in [2.45, 2.75) is 90.2 Å². The number of hydrogen-bond acceptors (Lipinski definition) is 4. The number of likely N-dealkylation sites (tertiary alicyclic amines) is 1. The number of carbonyl (C=O) groups is 1. The molecule has 1 aliphatic carbocycles. The van der Waals surface area contributed by atoms with Gasteiger partial charge in [-0.3, -0.25) is 9.69 Å². The number of ether oxygens (including phenoxy) is 2. The smallest absolute Gasteiger partial charge is 0.309 e. The van der Waals surface area contributed by atoms with Crippen molar-refractivity contribution in [3.05, 3.63) is 41.5 Å². The Morgan fingerprint density at radius 2 is 1.65 bits per heavy atom. The van der Waals surface area contributed by atoms with Gasteiger partial charge in [0.2, 0.25) is 0 Å². The van der Waals surface area contributed by atoms with E-state index in [9.17, 15) is 4.79 Å². The molecule has 34 heavy (non-hydrogen) atoms. The normalized spacial score (nSPS) is 22.6. The van der Waals surface area contributed by atoms with Crippen LogP contribution >= 0.6 is 0 Å². The van der Waals surface area contributed by atoms with Gasteiger partial charge in [-0.05, 0) is 93.4 Å². The average molecular weight is 482 g/mol. The van der Waals surface area contributed by atoms with Crippen LogP contribution in [0.25, 0.3) is 10.8 Å². The van der Waals surface area contributed by atoms with Gasteiger partial charge in [-0.15, -0.1) is 0 Å². The molecular formula is C29H43NO3Si. The number of benzene rings is 2. The number of aryl methyl sites for hydroxylation is 1. The summed E-state index contributed by atoms with van der Waals surface area (Å²) in [5.74, 6) is 1.09. The lowest BCUT2D eigenvalue weighted by molar-refractivity contribution is -0.149. The molecule has 1 aliphatic heterocycles. The van der Waals surface area contributed by atoms with Gasteiger partial charge in [-0.25, -0.2) is 0 Å². The second-order valence-electron chi connectivity index (χ2n) is 11.5. The van der Waals surface area contributed by atoms with Crippen molar-refractivity contribution in [3.63, 3.8) is 0 Å². The highest BCUT2D eigenvalue weighted by atomic mass is 28.3. The standard InChI is InChI=1S/C29H43NO3Si/c1-6-32-29(31)22-15-17-30(18-16-22)20-27-26-10-8-7-9-25(26)21(2)19-28(27)33-23-11-13-24(14-12-23)34(3,4)5/h7-10,19,22-24H,6,11-18,20H2,1-5H3/t23-,24-. The monoisotopic (exact) mass is 481 g/mol. The van der Waals surface area contributed by atoms with Crippen LogP contribution in [0.4, 0.5) is 0 Å². The number of carbonyl (C=O) groups excluding carboxylic acids is 1. The van der Waals surface area contributed by atoms with Crippen molar-refractivity contribution in [2.75, 3.05) is 19.7 Å². The summed E-state index contributed by atoms with van der Waals surface area (Å²) in [4.78, 5) is 14.7. The Kier molecular flexibility index (Phi) is 8.03. The Labute approximate surface area is 207 Å². The Morgan fingerprint density at radius 3 is 2.26 bits per heavy atom. The van der Waals surface area contributed by atoms with Gasteiger partial charge in [0.25, 0.3) is 0 Å². The van der Waals surface area contributed by atoms with Crippen molar-refractivity contribution in [1.29, 1.82) is 0 Å². The number of esters is 1. The third-order valence-electron chi connectivity index (χ3n) is 8.10. The van der Waals surface area contributed by atoms with Crippen molar-refractivity contribution in [2.24, 2.45) is 5.92 Å². The van der Waals surface area contributed by atoms with E-state index in [-0.39, 0.29) is 11.9 Å². The lowest BCUT2D eigenvalue weighted by atomic mass is 9.94. The SMILES string of the molecule is CCOC(=O)C1CCN(Cc2c(O[C@H]3CC[C@H]([Si](C)(C)C)CC3)cc(C)c3ccccc23)CC1. The summed E-state index contributed by atoms with van der Waals surface area (Å²) in [6, 6.07) is 11.0. The molecule has 5 heteroatoms.